The first-order valence-electron chi connectivity index (χ1n) is 3.20. The van der Waals surface area contributed by atoms with Crippen LogP contribution in [-0.4, -0.2) is 4.98 Å². The number of hydrogen-bond acceptors (Lipinski definition) is 0. The summed E-state index contributed by atoms with van der Waals surface area (Å²) in [6.45, 7) is 0. The third-order valence-corrected chi connectivity index (χ3v) is 3.67. The SMILES string of the molecule is Brc1ccc2[nH]ccc2c1Br. The molecular weight excluding hydrogens is 270 g/mol. The van der Waals surface area contributed by atoms with Gasteiger partial charge in [0.25, 0.3) is 0 Å². The van der Waals surface area contributed by atoms with Gasteiger partial charge in [-0.3, -0.25) is 0 Å². The number of rotatable bonds is 0. The number of hydrogen-bond donors (Lipinski definition) is 1. The minimum absolute atomic E-state index is 1.09. The summed E-state index contributed by atoms with van der Waals surface area (Å²) in [5, 5.41) is 1.21. The lowest BCUT2D eigenvalue weighted by atomic mass is 10.2. The van der Waals surface area contributed by atoms with Crippen molar-refractivity contribution in [2.45, 2.75) is 0 Å². The van der Waals surface area contributed by atoms with E-state index >= 15 is 0 Å². The number of benzene rings is 1. The van der Waals surface area contributed by atoms with Crippen molar-refractivity contribution < 1.29 is 0 Å². The predicted octanol–water partition coefficient (Wildman–Crippen LogP) is 3.69. The number of halogens is 2. The Morgan fingerprint density at radius 1 is 1.09 bits per heavy atom. The quantitative estimate of drug-likeness (QED) is 0.754. The molecule has 1 N–H and O–H groups in total. The zero-order valence-electron chi connectivity index (χ0n) is 5.57. The van der Waals surface area contributed by atoms with Crippen molar-refractivity contribution in [2.24, 2.45) is 0 Å². The van der Waals surface area contributed by atoms with E-state index in [0.717, 1.165) is 14.5 Å². The van der Waals surface area contributed by atoms with Crippen molar-refractivity contribution in [3.63, 3.8) is 0 Å². The van der Waals surface area contributed by atoms with Crippen molar-refractivity contribution in [3.8, 4) is 0 Å². The highest BCUT2D eigenvalue weighted by molar-refractivity contribution is 9.13. The Morgan fingerprint density at radius 3 is 2.73 bits per heavy atom. The molecule has 0 atom stereocenters. The predicted molar refractivity (Wildman–Crippen MR) is 53.7 cm³/mol. The smallest absolute Gasteiger partial charge is 0.0466 e. The van der Waals surface area contributed by atoms with E-state index in [-0.39, 0.29) is 0 Å². The molecule has 0 aliphatic rings. The molecule has 56 valence electrons. The number of nitrogens with one attached hydrogen (secondary N) is 1. The number of H-pyrrole nitrogens is 1. The summed E-state index contributed by atoms with van der Waals surface area (Å²) in [4.78, 5) is 3.14. The Hall–Kier alpha value is -0.280. The summed E-state index contributed by atoms with van der Waals surface area (Å²) in [5.74, 6) is 0. The molecule has 0 amide bonds. The third-order valence-electron chi connectivity index (χ3n) is 1.62. The van der Waals surface area contributed by atoms with Crippen molar-refractivity contribution in [2.75, 3.05) is 0 Å². The highest BCUT2D eigenvalue weighted by atomic mass is 79.9. The van der Waals surface area contributed by atoms with Crippen LogP contribution >= 0.6 is 31.9 Å². The number of fused-ring (bicyclic) bond motifs is 1. The van der Waals surface area contributed by atoms with Gasteiger partial charge >= 0.3 is 0 Å². The zero-order valence-corrected chi connectivity index (χ0v) is 8.74. The Labute approximate surface area is 81.1 Å². The van der Waals surface area contributed by atoms with Crippen LogP contribution in [0.4, 0.5) is 0 Å². The topological polar surface area (TPSA) is 15.8 Å². The lowest BCUT2D eigenvalue weighted by Crippen LogP contribution is -1.71. The molecule has 0 saturated carbocycles. The summed E-state index contributed by atoms with van der Waals surface area (Å²) in [7, 11) is 0. The molecule has 1 aromatic heterocycles. The van der Waals surface area contributed by atoms with Crippen molar-refractivity contribution in [1.29, 1.82) is 0 Å². The monoisotopic (exact) mass is 273 g/mol. The minimum Gasteiger partial charge on any atom is -0.361 e. The summed E-state index contributed by atoms with van der Waals surface area (Å²) < 4.78 is 2.20. The van der Waals surface area contributed by atoms with Crippen LogP contribution in [0.3, 0.4) is 0 Å². The molecule has 0 bridgehead atoms. The van der Waals surface area contributed by atoms with Gasteiger partial charge in [-0.2, -0.15) is 0 Å². The van der Waals surface area contributed by atoms with E-state index in [1.165, 1.54) is 5.39 Å². The van der Waals surface area contributed by atoms with Crippen molar-refractivity contribution in [1.82, 2.24) is 4.98 Å². The van der Waals surface area contributed by atoms with Crippen LogP contribution in [0.15, 0.2) is 33.3 Å². The summed E-state index contributed by atoms with van der Waals surface area (Å²) in [5.41, 5.74) is 1.15. The Morgan fingerprint density at radius 2 is 1.91 bits per heavy atom. The minimum atomic E-state index is 1.09. The lowest BCUT2D eigenvalue weighted by molar-refractivity contribution is 1.47. The van der Waals surface area contributed by atoms with E-state index in [0.29, 0.717) is 0 Å². The highest BCUT2D eigenvalue weighted by Gasteiger charge is 2.01. The fraction of sp³-hybridized carbons (Fsp3) is 0. The first-order valence-corrected chi connectivity index (χ1v) is 4.79. The fourth-order valence-corrected chi connectivity index (χ4v) is 1.89. The second kappa shape index (κ2) is 2.64. The van der Waals surface area contributed by atoms with Gasteiger partial charge in [0, 0.05) is 26.0 Å². The average Bonchev–Trinajstić information content (AvgIpc) is 2.45. The van der Waals surface area contributed by atoms with Gasteiger partial charge in [-0.25, -0.2) is 0 Å². The molecule has 0 spiro atoms. The van der Waals surface area contributed by atoms with Gasteiger partial charge in [0.1, 0.15) is 0 Å². The summed E-state index contributed by atoms with van der Waals surface area (Å²) >= 11 is 6.93. The molecule has 1 aromatic carbocycles. The van der Waals surface area contributed by atoms with Crippen LogP contribution in [0.1, 0.15) is 0 Å². The fourth-order valence-electron chi connectivity index (χ4n) is 1.07. The molecule has 11 heavy (non-hydrogen) atoms. The molecule has 3 heteroatoms. The van der Waals surface area contributed by atoms with Crippen LogP contribution in [-0.2, 0) is 0 Å². The molecule has 0 unspecified atom stereocenters. The molecule has 0 fully saturated rings. The first-order chi connectivity index (χ1) is 5.29. The Balaban J connectivity index is 2.93. The Kier molecular flexibility index (Phi) is 1.77. The lowest BCUT2D eigenvalue weighted by Gasteiger charge is -1.96. The Bertz CT molecular complexity index is 392. The van der Waals surface area contributed by atoms with Crippen LogP contribution in [0.5, 0.6) is 0 Å². The molecule has 1 nitrogen and oxygen atoms in total. The third kappa shape index (κ3) is 1.12. The number of aromatic nitrogens is 1. The second-order valence-electron chi connectivity index (χ2n) is 2.30. The van der Waals surface area contributed by atoms with Crippen LogP contribution in [0.2, 0.25) is 0 Å². The average molecular weight is 275 g/mol. The highest BCUT2D eigenvalue weighted by Crippen LogP contribution is 2.30. The normalized spacial score (nSPS) is 10.7. The van der Waals surface area contributed by atoms with Crippen molar-refractivity contribution >= 4 is 42.8 Å². The molecule has 2 rings (SSSR count). The van der Waals surface area contributed by atoms with E-state index in [1.54, 1.807) is 0 Å². The number of aromatic amines is 1. The second-order valence-corrected chi connectivity index (χ2v) is 3.95. The van der Waals surface area contributed by atoms with E-state index in [2.05, 4.69) is 36.8 Å². The molecule has 0 radical (unpaired) electrons. The largest absolute Gasteiger partial charge is 0.361 e. The van der Waals surface area contributed by atoms with Gasteiger partial charge in [-0.1, -0.05) is 0 Å². The summed E-state index contributed by atoms with van der Waals surface area (Å²) in [6, 6.07) is 6.11. The molecule has 0 aliphatic heterocycles. The van der Waals surface area contributed by atoms with Crippen LogP contribution in [0.25, 0.3) is 10.9 Å². The van der Waals surface area contributed by atoms with Crippen molar-refractivity contribution in [3.05, 3.63) is 33.3 Å². The van der Waals surface area contributed by atoms with Crippen LogP contribution < -0.4 is 0 Å². The van der Waals surface area contributed by atoms with E-state index in [4.69, 9.17) is 0 Å². The zero-order chi connectivity index (χ0) is 7.84. The maximum Gasteiger partial charge on any atom is 0.0466 e. The first kappa shape index (κ1) is 7.37. The van der Waals surface area contributed by atoms with E-state index in [9.17, 15) is 0 Å². The van der Waals surface area contributed by atoms with E-state index in [1.807, 2.05) is 24.4 Å². The van der Waals surface area contributed by atoms with Gasteiger partial charge in [-0.15, -0.1) is 0 Å². The standard InChI is InChI=1S/C8H5Br2N/c9-6-1-2-7-5(8(6)10)3-4-11-7/h1-4,11H. The van der Waals surface area contributed by atoms with Gasteiger partial charge in [0.05, 0.1) is 0 Å². The van der Waals surface area contributed by atoms with E-state index < -0.39 is 0 Å². The molecular formula is C8H5Br2N. The molecule has 2 aromatic rings. The maximum absolute atomic E-state index is 3.49. The van der Waals surface area contributed by atoms with Gasteiger partial charge in [-0.05, 0) is 50.1 Å². The van der Waals surface area contributed by atoms with Gasteiger partial charge < -0.3 is 4.98 Å². The van der Waals surface area contributed by atoms with Gasteiger partial charge in [0.2, 0.25) is 0 Å². The molecule has 0 aliphatic carbocycles. The van der Waals surface area contributed by atoms with Crippen LogP contribution in [0, 0.1) is 0 Å². The molecule has 0 saturated heterocycles. The van der Waals surface area contributed by atoms with Gasteiger partial charge in [0.15, 0.2) is 0 Å². The molecule has 1 heterocycles. The summed E-state index contributed by atoms with van der Waals surface area (Å²) in [6.07, 6.45) is 1.93. The maximum atomic E-state index is 3.49.